The molecule has 4 atom stereocenters. The molecule has 6 nitrogen and oxygen atoms in total. The van der Waals surface area contributed by atoms with E-state index in [-0.39, 0.29) is 35.5 Å². The second-order valence-corrected chi connectivity index (χ2v) is 9.68. The van der Waals surface area contributed by atoms with Crippen molar-refractivity contribution >= 4 is 39.6 Å². The summed E-state index contributed by atoms with van der Waals surface area (Å²) in [5, 5.41) is 5.39. The summed E-state index contributed by atoms with van der Waals surface area (Å²) in [6.45, 7) is 0.395. The largest absolute Gasteiger partial charge is 0.488 e. The van der Waals surface area contributed by atoms with E-state index >= 15 is 0 Å². The molecule has 0 radical (unpaired) electrons. The predicted octanol–water partition coefficient (Wildman–Crippen LogP) is 4.24. The zero-order valence-corrected chi connectivity index (χ0v) is 19.5. The number of fused-ring (bicyclic) bond motifs is 5. The quantitative estimate of drug-likeness (QED) is 0.343. The Labute approximate surface area is 195 Å². The first-order valence-corrected chi connectivity index (χ1v) is 11.5. The van der Waals surface area contributed by atoms with Gasteiger partial charge in [-0.1, -0.05) is 40.2 Å². The summed E-state index contributed by atoms with van der Waals surface area (Å²) in [5.74, 6) is 0.115. The van der Waals surface area contributed by atoms with Crippen molar-refractivity contribution in [2.24, 2.45) is 28.8 Å². The number of nitrogens with zero attached hydrogens (tertiary/aromatic N) is 3. The van der Waals surface area contributed by atoms with Gasteiger partial charge in [0.05, 0.1) is 18.1 Å². The number of benzene rings is 2. The van der Waals surface area contributed by atoms with Crippen LogP contribution in [0.2, 0.25) is 0 Å². The molecule has 0 aromatic heterocycles. The van der Waals surface area contributed by atoms with Gasteiger partial charge >= 0.3 is 0 Å². The van der Waals surface area contributed by atoms with Crippen LogP contribution in [-0.4, -0.2) is 37.1 Å². The number of carbonyl (C=O) groups excluding carboxylic acids is 2. The molecule has 32 heavy (non-hydrogen) atoms. The highest BCUT2D eigenvalue weighted by molar-refractivity contribution is 9.10. The van der Waals surface area contributed by atoms with E-state index in [1.54, 1.807) is 6.21 Å². The standard InChI is InChI=1S/C25H24BrN3O3/c1-28(2)20-10-7-18(21(12-20)32-14-15-3-8-19(26)9-4-15)13-27-29-24(30)22-16-5-6-17(11-16)23(22)25(29)31/h3-10,12-13,16-17,22-23H,11,14H2,1-2H3. The van der Waals surface area contributed by atoms with Crippen LogP contribution < -0.4 is 9.64 Å². The Balaban J connectivity index is 1.38. The second-order valence-electron chi connectivity index (χ2n) is 8.76. The number of ether oxygens (including phenoxy) is 1. The van der Waals surface area contributed by atoms with Crippen LogP contribution >= 0.6 is 15.9 Å². The van der Waals surface area contributed by atoms with Gasteiger partial charge in [-0.25, -0.2) is 0 Å². The van der Waals surface area contributed by atoms with E-state index in [4.69, 9.17) is 4.74 Å². The Hall–Kier alpha value is -2.93. The Bertz CT molecular complexity index is 1100. The van der Waals surface area contributed by atoms with E-state index in [0.29, 0.717) is 17.9 Å². The minimum Gasteiger partial charge on any atom is -0.488 e. The molecule has 7 heteroatoms. The summed E-state index contributed by atoms with van der Waals surface area (Å²) in [6.07, 6.45) is 6.63. The maximum Gasteiger partial charge on any atom is 0.254 e. The third-order valence-electron chi connectivity index (χ3n) is 6.58. The Kier molecular flexibility index (Phi) is 5.37. The van der Waals surface area contributed by atoms with E-state index in [0.717, 1.165) is 27.2 Å². The molecule has 2 aliphatic carbocycles. The number of hydrogen-bond donors (Lipinski definition) is 0. The molecule has 2 amide bonds. The average Bonchev–Trinajstić information content (AvgIpc) is 3.46. The van der Waals surface area contributed by atoms with E-state index in [9.17, 15) is 9.59 Å². The van der Waals surface area contributed by atoms with Crippen LogP contribution in [0.4, 0.5) is 5.69 Å². The zero-order chi connectivity index (χ0) is 22.4. The van der Waals surface area contributed by atoms with Crippen LogP contribution in [0.25, 0.3) is 0 Å². The molecule has 5 rings (SSSR count). The van der Waals surface area contributed by atoms with Gasteiger partial charge in [-0.2, -0.15) is 10.1 Å². The monoisotopic (exact) mass is 493 g/mol. The van der Waals surface area contributed by atoms with Crippen molar-refractivity contribution in [3.05, 3.63) is 70.2 Å². The highest BCUT2D eigenvalue weighted by atomic mass is 79.9. The maximum absolute atomic E-state index is 12.9. The fraction of sp³-hybridized carbons (Fsp3) is 0.320. The molecule has 2 aromatic rings. The molecule has 1 saturated carbocycles. The molecule has 4 unspecified atom stereocenters. The lowest BCUT2D eigenvalue weighted by Crippen LogP contribution is -2.28. The van der Waals surface area contributed by atoms with Gasteiger partial charge < -0.3 is 9.64 Å². The topological polar surface area (TPSA) is 62.2 Å². The van der Waals surface area contributed by atoms with Gasteiger partial charge in [0.2, 0.25) is 0 Å². The van der Waals surface area contributed by atoms with Crippen molar-refractivity contribution < 1.29 is 14.3 Å². The van der Waals surface area contributed by atoms with Crippen LogP contribution in [0.3, 0.4) is 0 Å². The molecule has 0 spiro atoms. The van der Waals surface area contributed by atoms with Crippen molar-refractivity contribution in [2.75, 3.05) is 19.0 Å². The number of hydrazone groups is 1. The number of hydrogen-bond acceptors (Lipinski definition) is 5. The number of allylic oxidation sites excluding steroid dienone is 2. The SMILES string of the molecule is CN(C)c1ccc(C=NN2C(=O)C3C4C=CC(C4)C3C2=O)c(OCc2ccc(Br)cc2)c1. The van der Waals surface area contributed by atoms with Gasteiger partial charge in [0.25, 0.3) is 11.8 Å². The summed E-state index contributed by atoms with van der Waals surface area (Å²) in [7, 11) is 3.93. The van der Waals surface area contributed by atoms with Crippen molar-refractivity contribution in [1.82, 2.24) is 5.01 Å². The first-order valence-electron chi connectivity index (χ1n) is 10.7. The predicted molar refractivity (Wildman–Crippen MR) is 126 cm³/mol. The van der Waals surface area contributed by atoms with Gasteiger partial charge in [0, 0.05) is 35.9 Å². The van der Waals surface area contributed by atoms with Crippen molar-refractivity contribution in [3.63, 3.8) is 0 Å². The highest BCUT2D eigenvalue weighted by Crippen LogP contribution is 2.52. The molecule has 1 aliphatic heterocycles. The average molecular weight is 494 g/mol. The minimum atomic E-state index is -0.251. The fourth-order valence-electron chi connectivity index (χ4n) is 4.89. The number of amides is 2. The zero-order valence-electron chi connectivity index (χ0n) is 17.9. The lowest BCUT2D eigenvalue weighted by molar-refractivity contribution is -0.140. The van der Waals surface area contributed by atoms with E-state index in [2.05, 4.69) is 33.2 Å². The third kappa shape index (κ3) is 3.64. The molecule has 3 aliphatic rings. The molecule has 2 bridgehead atoms. The van der Waals surface area contributed by atoms with Crippen LogP contribution in [0, 0.1) is 23.7 Å². The molecule has 2 fully saturated rings. The lowest BCUT2D eigenvalue weighted by atomic mass is 9.85. The molecular weight excluding hydrogens is 470 g/mol. The smallest absolute Gasteiger partial charge is 0.254 e. The summed E-state index contributed by atoms with van der Waals surface area (Å²) in [4.78, 5) is 27.8. The number of anilines is 1. The summed E-state index contributed by atoms with van der Waals surface area (Å²) < 4.78 is 7.12. The second kappa shape index (κ2) is 8.20. The van der Waals surface area contributed by atoms with Gasteiger partial charge in [-0.3, -0.25) is 9.59 Å². The first kappa shape index (κ1) is 20.9. The summed E-state index contributed by atoms with van der Waals surface area (Å²) in [5.41, 5.74) is 2.73. The number of carbonyl (C=O) groups is 2. The number of rotatable bonds is 6. The van der Waals surface area contributed by atoms with Gasteiger partial charge in [-0.15, -0.1) is 0 Å². The van der Waals surface area contributed by atoms with Crippen LogP contribution in [0.5, 0.6) is 5.75 Å². The molecule has 1 heterocycles. The molecule has 164 valence electrons. The maximum atomic E-state index is 12.9. The van der Waals surface area contributed by atoms with Crippen LogP contribution in [0.15, 0.2) is 64.2 Å². The van der Waals surface area contributed by atoms with Crippen LogP contribution in [0.1, 0.15) is 17.5 Å². The Morgan fingerprint density at radius 3 is 2.34 bits per heavy atom. The summed E-state index contributed by atoms with van der Waals surface area (Å²) in [6, 6.07) is 13.7. The van der Waals surface area contributed by atoms with Crippen molar-refractivity contribution in [1.29, 1.82) is 0 Å². The fourth-order valence-corrected chi connectivity index (χ4v) is 5.16. The summed E-state index contributed by atoms with van der Waals surface area (Å²) >= 11 is 3.44. The van der Waals surface area contributed by atoms with Gasteiger partial charge in [0.1, 0.15) is 12.4 Å². The molecular formula is C25H24BrN3O3. The van der Waals surface area contributed by atoms with Gasteiger partial charge in [0.15, 0.2) is 0 Å². The van der Waals surface area contributed by atoms with E-state index < -0.39 is 0 Å². The normalized spacial score (nSPS) is 25.8. The third-order valence-corrected chi connectivity index (χ3v) is 7.11. The van der Waals surface area contributed by atoms with E-state index in [1.165, 1.54) is 0 Å². The molecule has 0 N–H and O–H groups in total. The lowest BCUT2D eigenvalue weighted by Gasteiger charge is -2.16. The van der Waals surface area contributed by atoms with Crippen molar-refractivity contribution in [2.45, 2.75) is 13.0 Å². The molecule has 1 saturated heterocycles. The molecule has 2 aromatic carbocycles. The van der Waals surface area contributed by atoms with Crippen molar-refractivity contribution in [3.8, 4) is 5.75 Å². The number of imide groups is 1. The van der Waals surface area contributed by atoms with Gasteiger partial charge in [-0.05, 0) is 48.1 Å². The Morgan fingerprint density at radius 2 is 1.72 bits per heavy atom. The number of halogens is 1. The highest BCUT2D eigenvalue weighted by Gasteiger charge is 2.59. The Morgan fingerprint density at radius 1 is 1.06 bits per heavy atom. The first-order chi connectivity index (χ1) is 15.4. The van der Waals surface area contributed by atoms with E-state index in [1.807, 2.05) is 61.5 Å². The minimum absolute atomic E-state index is 0.172. The van der Waals surface area contributed by atoms with Crippen LogP contribution in [-0.2, 0) is 16.2 Å².